The minimum absolute atomic E-state index is 0.103. The van der Waals surface area contributed by atoms with Crippen LogP contribution in [0.2, 0.25) is 19.6 Å². The average molecular weight is 318 g/mol. The van der Waals surface area contributed by atoms with Crippen LogP contribution in [0, 0.1) is 11.5 Å². The Hall–Kier alpha value is -1.73. The van der Waals surface area contributed by atoms with Gasteiger partial charge in [-0.25, -0.2) is 4.79 Å². The standard InChI is InChI=1S/C18H27NO2Si/c1-14(19-17(20)21-18(2,3)4)16-10-8-15(9-11-16)12-13-22(5,6)7/h8-11,14H,1-7H3,(H,19,20). The van der Waals surface area contributed by atoms with Gasteiger partial charge in [-0.1, -0.05) is 37.7 Å². The van der Waals surface area contributed by atoms with Gasteiger partial charge >= 0.3 is 6.09 Å². The van der Waals surface area contributed by atoms with Crippen molar-refractivity contribution in [3.63, 3.8) is 0 Å². The molecule has 1 unspecified atom stereocenters. The molecule has 0 aliphatic rings. The third-order valence-corrected chi connectivity index (χ3v) is 3.60. The summed E-state index contributed by atoms with van der Waals surface area (Å²) in [6.07, 6.45) is -0.400. The van der Waals surface area contributed by atoms with Crippen molar-refractivity contribution in [2.75, 3.05) is 0 Å². The van der Waals surface area contributed by atoms with Crippen molar-refractivity contribution in [1.82, 2.24) is 5.32 Å². The number of alkyl carbamates (subject to hydrolysis) is 1. The van der Waals surface area contributed by atoms with E-state index in [2.05, 4.69) is 36.4 Å². The van der Waals surface area contributed by atoms with Gasteiger partial charge in [0.2, 0.25) is 0 Å². The fourth-order valence-corrected chi connectivity index (χ4v) is 2.20. The second kappa shape index (κ2) is 7.02. The first kappa shape index (κ1) is 18.3. The molecule has 0 aliphatic heterocycles. The lowest BCUT2D eigenvalue weighted by Gasteiger charge is -2.22. The third-order valence-electron chi connectivity index (χ3n) is 2.73. The Morgan fingerprint density at radius 2 is 1.73 bits per heavy atom. The number of hydrogen-bond donors (Lipinski definition) is 1. The van der Waals surface area contributed by atoms with Gasteiger partial charge in [0.25, 0.3) is 0 Å². The fourth-order valence-electron chi connectivity index (χ4n) is 1.68. The smallest absolute Gasteiger partial charge is 0.408 e. The van der Waals surface area contributed by atoms with E-state index in [0.29, 0.717) is 0 Å². The molecule has 1 amide bonds. The molecule has 120 valence electrons. The molecule has 1 atom stereocenters. The lowest BCUT2D eigenvalue weighted by molar-refractivity contribution is 0.0508. The van der Waals surface area contributed by atoms with Gasteiger partial charge in [-0.15, -0.1) is 5.54 Å². The summed E-state index contributed by atoms with van der Waals surface area (Å²) in [4.78, 5) is 11.8. The summed E-state index contributed by atoms with van der Waals surface area (Å²) < 4.78 is 5.26. The summed E-state index contributed by atoms with van der Waals surface area (Å²) in [5.74, 6) is 3.22. The van der Waals surface area contributed by atoms with Crippen molar-refractivity contribution in [3.8, 4) is 11.5 Å². The number of carbonyl (C=O) groups is 1. The Labute approximate surface area is 135 Å². The minimum Gasteiger partial charge on any atom is -0.444 e. The zero-order valence-corrected chi connectivity index (χ0v) is 15.7. The zero-order chi connectivity index (χ0) is 17.0. The molecular formula is C18H27NO2Si. The first-order chi connectivity index (χ1) is 9.96. The van der Waals surface area contributed by atoms with E-state index < -0.39 is 19.8 Å². The summed E-state index contributed by atoms with van der Waals surface area (Å²) >= 11 is 0. The Kier molecular flexibility index (Phi) is 5.84. The van der Waals surface area contributed by atoms with E-state index in [1.165, 1.54) is 0 Å². The van der Waals surface area contributed by atoms with Crippen LogP contribution in [0.5, 0.6) is 0 Å². The molecule has 4 heteroatoms. The molecule has 0 radical (unpaired) electrons. The Morgan fingerprint density at radius 3 is 2.18 bits per heavy atom. The maximum Gasteiger partial charge on any atom is 0.408 e. The lowest BCUT2D eigenvalue weighted by Crippen LogP contribution is -2.34. The maximum atomic E-state index is 11.8. The molecule has 3 nitrogen and oxygen atoms in total. The maximum absolute atomic E-state index is 11.8. The molecule has 0 fully saturated rings. The molecule has 0 bridgehead atoms. The SMILES string of the molecule is CC(NC(=O)OC(C)(C)C)c1ccc(C#C[Si](C)(C)C)cc1. The highest BCUT2D eigenvalue weighted by Gasteiger charge is 2.18. The van der Waals surface area contributed by atoms with Gasteiger partial charge < -0.3 is 10.1 Å². The summed E-state index contributed by atoms with van der Waals surface area (Å²) in [6.45, 7) is 14.2. The van der Waals surface area contributed by atoms with E-state index in [0.717, 1.165) is 11.1 Å². The predicted octanol–water partition coefficient (Wildman–Crippen LogP) is 4.50. The van der Waals surface area contributed by atoms with Crippen molar-refractivity contribution in [3.05, 3.63) is 35.4 Å². The topological polar surface area (TPSA) is 38.3 Å². The van der Waals surface area contributed by atoms with Crippen LogP contribution in [-0.4, -0.2) is 19.8 Å². The highest BCUT2D eigenvalue weighted by atomic mass is 28.3. The number of benzene rings is 1. The first-order valence-electron chi connectivity index (χ1n) is 7.59. The Balaban J connectivity index is 2.70. The van der Waals surface area contributed by atoms with Crippen LogP contribution in [0.25, 0.3) is 0 Å². The van der Waals surface area contributed by atoms with Crippen molar-refractivity contribution in [1.29, 1.82) is 0 Å². The summed E-state index contributed by atoms with van der Waals surface area (Å²) in [5.41, 5.74) is 4.90. The van der Waals surface area contributed by atoms with Gasteiger partial charge in [-0.2, -0.15) is 0 Å². The van der Waals surface area contributed by atoms with Crippen LogP contribution in [0.3, 0.4) is 0 Å². The Bertz CT molecular complexity index is 568. The van der Waals surface area contributed by atoms with Crippen LogP contribution in [0.15, 0.2) is 24.3 Å². The van der Waals surface area contributed by atoms with Crippen molar-refractivity contribution in [2.45, 2.75) is 59.0 Å². The minimum atomic E-state index is -1.35. The largest absolute Gasteiger partial charge is 0.444 e. The Morgan fingerprint density at radius 1 is 1.18 bits per heavy atom. The quantitative estimate of drug-likeness (QED) is 0.644. The van der Waals surface area contributed by atoms with Gasteiger partial charge in [0.05, 0.1) is 6.04 Å². The van der Waals surface area contributed by atoms with E-state index in [9.17, 15) is 4.79 Å². The summed E-state index contributed by atoms with van der Waals surface area (Å²) in [7, 11) is -1.35. The second-order valence-electron chi connectivity index (χ2n) is 7.49. The molecule has 22 heavy (non-hydrogen) atoms. The first-order valence-corrected chi connectivity index (χ1v) is 11.1. The molecular weight excluding hydrogens is 290 g/mol. The van der Waals surface area contributed by atoms with Crippen molar-refractivity contribution >= 4 is 14.2 Å². The van der Waals surface area contributed by atoms with Crippen LogP contribution in [-0.2, 0) is 4.74 Å². The zero-order valence-electron chi connectivity index (χ0n) is 14.7. The van der Waals surface area contributed by atoms with Gasteiger partial charge in [0.1, 0.15) is 13.7 Å². The normalized spacial score (nSPS) is 12.9. The fraction of sp³-hybridized carbons (Fsp3) is 0.500. The third kappa shape index (κ3) is 7.33. The molecule has 0 saturated heterocycles. The van der Waals surface area contributed by atoms with E-state index in [4.69, 9.17) is 4.74 Å². The highest BCUT2D eigenvalue weighted by Crippen LogP contribution is 2.15. The second-order valence-corrected chi connectivity index (χ2v) is 12.2. The molecule has 0 aliphatic carbocycles. The van der Waals surface area contributed by atoms with Gasteiger partial charge in [-0.3, -0.25) is 0 Å². The molecule has 0 heterocycles. The monoisotopic (exact) mass is 317 g/mol. The van der Waals surface area contributed by atoms with Crippen LogP contribution in [0.1, 0.15) is 44.9 Å². The van der Waals surface area contributed by atoms with Crippen molar-refractivity contribution in [2.24, 2.45) is 0 Å². The predicted molar refractivity (Wildman–Crippen MR) is 94.5 cm³/mol. The van der Waals surface area contributed by atoms with E-state index in [-0.39, 0.29) is 6.04 Å². The molecule has 0 aromatic heterocycles. The van der Waals surface area contributed by atoms with E-state index in [1.807, 2.05) is 52.0 Å². The number of nitrogens with one attached hydrogen (secondary N) is 1. The summed E-state index contributed by atoms with van der Waals surface area (Å²) in [6, 6.07) is 7.88. The molecule has 1 aromatic rings. The van der Waals surface area contributed by atoms with Crippen LogP contribution < -0.4 is 5.32 Å². The molecule has 0 saturated carbocycles. The molecule has 1 rings (SSSR count). The number of amides is 1. The molecule has 1 aromatic carbocycles. The number of carbonyl (C=O) groups excluding carboxylic acids is 1. The van der Waals surface area contributed by atoms with Gasteiger partial charge in [0.15, 0.2) is 0 Å². The number of rotatable bonds is 2. The van der Waals surface area contributed by atoms with Crippen LogP contribution >= 0.6 is 0 Å². The van der Waals surface area contributed by atoms with Crippen molar-refractivity contribution < 1.29 is 9.53 Å². The molecule has 0 spiro atoms. The van der Waals surface area contributed by atoms with Crippen LogP contribution in [0.4, 0.5) is 4.79 Å². The number of ether oxygens (including phenoxy) is 1. The van der Waals surface area contributed by atoms with Gasteiger partial charge in [-0.05, 0) is 45.4 Å². The van der Waals surface area contributed by atoms with E-state index in [1.54, 1.807) is 0 Å². The lowest BCUT2D eigenvalue weighted by atomic mass is 10.1. The van der Waals surface area contributed by atoms with Gasteiger partial charge in [0, 0.05) is 5.56 Å². The highest BCUT2D eigenvalue weighted by molar-refractivity contribution is 6.83. The van der Waals surface area contributed by atoms with E-state index >= 15 is 0 Å². The number of hydrogen-bond acceptors (Lipinski definition) is 2. The average Bonchev–Trinajstić information content (AvgIpc) is 2.33. The molecule has 1 N–H and O–H groups in total. The summed E-state index contributed by atoms with van der Waals surface area (Å²) in [5, 5.41) is 2.84.